The fraction of sp³-hybridized carbons (Fsp3) is 0.227. The summed E-state index contributed by atoms with van der Waals surface area (Å²) >= 11 is 0. The molecular weight excluding hydrogens is 366 g/mol. The van der Waals surface area contributed by atoms with Crippen LogP contribution in [0.3, 0.4) is 0 Å². The Bertz CT molecular complexity index is 941. The average Bonchev–Trinajstić information content (AvgIpc) is 2.80. The van der Waals surface area contributed by atoms with Gasteiger partial charge in [-0.3, -0.25) is 9.78 Å². The molecule has 0 aliphatic carbocycles. The SMILES string of the molecule is O=C(NCc1ccncc1)c1ccc(Nc2ccccc2N2CCOCC2)cn1. The van der Waals surface area contributed by atoms with Crippen LogP contribution in [0.4, 0.5) is 17.1 Å². The van der Waals surface area contributed by atoms with E-state index < -0.39 is 0 Å². The van der Waals surface area contributed by atoms with Gasteiger partial charge in [-0.1, -0.05) is 12.1 Å². The van der Waals surface area contributed by atoms with Gasteiger partial charge in [0.1, 0.15) is 5.69 Å². The van der Waals surface area contributed by atoms with Crippen LogP contribution in [-0.2, 0) is 11.3 Å². The molecule has 2 N–H and O–H groups in total. The van der Waals surface area contributed by atoms with Crippen LogP contribution in [0.2, 0.25) is 0 Å². The predicted molar refractivity (Wildman–Crippen MR) is 112 cm³/mol. The smallest absolute Gasteiger partial charge is 0.270 e. The number of hydrogen-bond donors (Lipinski definition) is 2. The largest absolute Gasteiger partial charge is 0.378 e. The quantitative estimate of drug-likeness (QED) is 0.675. The highest BCUT2D eigenvalue weighted by atomic mass is 16.5. The molecule has 1 saturated heterocycles. The molecule has 0 bridgehead atoms. The Morgan fingerprint density at radius 3 is 2.59 bits per heavy atom. The molecular formula is C22H23N5O2. The molecule has 0 saturated carbocycles. The first-order valence-electron chi connectivity index (χ1n) is 9.61. The number of benzene rings is 1. The number of carbonyl (C=O) groups is 1. The van der Waals surface area contributed by atoms with Gasteiger partial charge in [-0.25, -0.2) is 4.98 Å². The monoisotopic (exact) mass is 389 g/mol. The van der Waals surface area contributed by atoms with E-state index in [-0.39, 0.29) is 5.91 Å². The van der Waals surface area contributed by atoms with E-state index >= 15 is 0 Å². The molecule has 0 spiro atoms. The van der Waals surface area contributed by atoms with Gasteiger partial charge in [0.2, 0.25) is 0 Å². The Hall–Kier alpha value is -3.45. The number of morpholine rings is 1. The minimum atomic E-state index is -0.206. The summed E-state index contributed by atoms with van der Waals surface area (Å²) in [7, 11) is 0. The van der Waals surface area contributed by atoms with Crippen LogP contribution < -0.4 is 15.5 Å². The molecule has 4 rings (SSSR count). The van der Waals surface area contributed by atoms with Crippen molar-refractivity contribution < 1.29 is 9.53 Å². The molecule has 0 radical (unpaired) electrons. The van der Waals surface area contributed by atoms with Gasteiger partial charge in [-0.05, 0) is 42.0 Å². The molecule has 1 aliphatic heterocycles. The number of hydrogen-bond acceptors (Lipinski definition) is 6. The molecule has 1 amide bonds. The zero-order valence-corrected chi connectivity index (χ0v) is 16.0. The van der Waals surface area contributed by atoms with Gasteiger partial charge in [-0.2, -0.15) is 0 Å². The van der Waals surface area contributed by atoms with Crippen molar-refractivity contribution >= 4 is 23.0 Å². The van der Waals surface area contributed by atoms with Crippen LogP contribution in [0, 0.1) is 0 Å². The standard InChI is InChI=1S/C22H23N5O2/c28-22(25-15-17-7-9-23-10-8-17)20-6-5-18(16-24-20)26-19-3-1-2-4-21(19)27-11-13-29-14-12-27/h1-10,16,26H,11-15H2,(H,25,28). The fourth-order valence-corrected chi connectivity index (χ4v) is 3.19. The molecule has 7 nitrogen and oxygen atoms in total. The molecule has 0 unspecified atom stereocenters. The Kier molecular flexibility index (Phi) is 5.97. The number of amides is 1. The first-order valence-corrected chi connectivity index (χ1v) is 9.61. The van der Waals surface area contributed by atoms with Crippen molar-refractivity contribution in [2.75, 3.05) is 36.5 Å². The van der Waals surface area contributed by atoms with Crippen molar-refractivity contribution in [2.45, 2.75) is 6.54 Å². The maximum atomic E-state index is 12.3. The van der Waals surface area contributed by atoms with E-state index in [0.29, 0.717) is 12.2 Å². The summed E-state index contributed by atoms with van der Waals surface area (Å²) in [5.41, 5.74) is 4.34. The third-order valence-electron chi connectivity index (χ3n) is 4.73. The lowest BCUT2D eigenvalue weighted by molar-refractivity contribution is 0.0946. The fourth-order valence-electron chi connectivity index (χ4n) is 3.19. The number of anilines is 3. The summed E-state index contributed by atoms with van der Waals surface area (Å²) in [5, 5.41) is 6.28. The van der Waals surface area contributed by atoms with Crippen LogP contribution in [0.1, 0.15) is 16.1 Å². The highest BCUT2D eigenvalue weighted by molar-refractivity contribution is 5.92. The number of carbonyl (C=O) groups excluding carboxylic acids is 1. The zero-order chi connectivity index (χ0) is 19.9. The second kappa shape index (κ2) is 9.16. The highest BCUT2D eigenvalue weighted by Crippen LogP contribution is 2.29. The zero-order valence-electron chi connectivity index (χ0n) is 16.0. The molecule has 148 valence electrons. The van der Waals surface area contributed by atoms with Gasteiger partial charge in [-0.15, -0.1) is 0 Å². The number of pyridine rings is 2. The minimum Gasteiger partial charge on any atom is -0.378 e. The van der Waals surface area contributed by atoms with E-state index in [0.717, 1.165) is 48.9 Å². The van der Waals surface area contributed by atoms with Crippen molar-refractivity contribution in [1.29, 1.82) is 0 Å². The van der Waals surface area contributed by atoms with E-state index in [1.165, 1.54) is 0 Å². The lowest BCUT2D eigenvalue weighted by atomic mass is 10.2. The third-order valence-corrected chi connectivity index (χ3v) is 4.73. The van der Waals surface area contributed by atoms with Crippen LogP contribution >= 0.6 is 0 Å². The number of rotatable bonds is 6. The lowest BCUT2D eigenvalue weighted by Crippen LogP contribution is -2.36. The Labute approximate surface area is 169 Å². The van der Waals surface area contributed by atoms with Crippen molar-refractivity contribution in [3.8, 4) is 0 Å². The first kappa shape index (κ1) is 18.9. The second-order valence-corrected chi connectivity index (χ2v) is 6.71. The van der Waals surface area contributed by atoms with Crippen molar-refractivity contribution in [2.24, 2.45) is 0 Å². The van der Waals surface area contributed by atoms with E-state index in [1.807, 2.05) is 36.4 Å². The number of nitrogens with zero attached hydrogens (tertiary/aromatic N) is 3. The Balaban J connectivity index is 1.40. The van der Waals surface area contributed by atoms with Crippen LogP contribution in [0.5, 0.6) is 0 Å². The van der Waals surface area contributed by atoms with E-state index in [2.05, 4.69) is 31.6 Å². The topological polar surface area (TPSA) is 79.4 Å². The van der Waals surface area contributed by atoms with E-state index in [9.17, 15) is 4.79 Å². The Morgan fingerprint density at radius 2 is 1.83 bits per heavy atom. The molecule has 7 heteroatoms. The lowest BCUT2D eigenvalue weighted by Gasteiger charge is -2.30. The summed E-state index contributed by atoms with van der Waals surface area (Å²) in [6.07, 6.45) is 5.08. The van der Waals surface area contributed by atoms with Gasteiger partial charge in [0.15, 0.2) is 0 Å². The third kappa shape index (κ3) is 4.89. The minimum absolute atomic E-state index is 0.206. The van der Waals surface area contributed by atoms with Crippen molar-refractivity contribution in [1.82, 2.24) is 15.3 Å². The van der Waals surface area contributed by atoms with Gasteiger partial charge in [0.25, 0.3) is 5.91 Å². The normalized spacial score (nSPS) is 13.7. The maximum Gasteiger partial charge on any atom is 0.270 e. The molecule has 3 aromatic rings. The number of ether oxygens (including phenoxy) is 1. The maximum absolute atomic E-state index is 12.3. The predicted octanol–water partition coefficient (Wildman–Crippen LogP) is 2.99. The molecule has 29 heavy (non-hydrogen) atoms. The average molecular weight is 389 g/mol. The summed E-state index contributed by atoms with van der Waals surface area (Å²) in [6.45, 7) is 3.65. The summed E-state index contributed by atoms with van der Waals surface area (Å²) in [5.74, 6) is -0.206. The van der Waals surface area contributed by atoms with Crippen LogP contribution in [0.15, 0.2) is 67.1 Å². The molecule has 3 heterocycles. The van der Waals surface area contributed by atoms with Crippen LogP contribution in [0.25, 0.3) is 0 Å². The number of para-hydroxylation sites is 2. The number of nitrogens with one attached hydrogen (secondary N) is 2. The van der Waals surface area contributed by atoms with Gasteiger partial charge >= 0.3 is 0 Å². The Morgan fingerprint density at radius 1 is 1.03 bits per heavy atom. The highest BCUT2D eigenvalue weighted by Gasteiger charge is 2.15. The molecule has 1 aromatic carbocycles. The van der Waals surface area contributed by atoms with E-state index in [1.54, 1.807) is 24.7 Å². The number of aromatic nitrogens is 2. The molecule has 1 aliphatic rings. The summed E-state index contributed by atoms with van der Waals surface area (Å²) < 4.78 is 5.45. The first-order chi connectivity index (χ1) is 14.3. The van der Waals surface area contributed by atoms with Crippen LogP contribution in [-0.4, -0.2) is 42.2 Å². The molecule has 2 aromatic heterocycles. The second-order valence-electron chi connectivity index (χ2n) is 6.71. The van der Waals surface area contributed by atoms with Gasteiger partial charge < -0.3 is 20.3 Å². The van der Waals surface area contributed by atoms with E-state index in [4.69, 9.17) is 4.74 Å². The molecule has 0 atom stereocenters. The van der Waals surface area contributed by atoms with Gasteiger partial charge in [0, 0.05) is 32.0 Å². The van der Waals surface area contributed by atoms with Gasteiger partial charge in [0.05, 0.1) is 36.5 Å². The summed E-state index contributed by atoms with van der Waals surface area (Å²) in [4.78, 5) is 22.9. The van der Waals surface area contributed by atoms with Crippen molar-refractivity contribution in [3.63, 3.8) is 0 Å². The van der Waals surface area contributed by atoms with Crippen molar-refractivity contribution in [3.05, 3.63) is 78.4 Å². The summed E-state index contributed by atoms with van der Waals surface area (Å²) in [6, 6.07) is 15.5. The molecule has 1 fully saturated rings.